The Kier molecular flexibility index (Phi) is 21.0. The summed E-state index contributed by atoms with van der Waals surface area (Å²) in [7, 11) is 5.46. The van der Waals surface area contributed by atoms with E-state index < -0.39 is 96.5 Å². The summed E-state index contributed by atoms with van der Waals surface area (Å²) < 4.78 is 41.5. The molecule has 1 aromatic carbocycles. The predicted octanol–water partition coefficient (Wildman–Crippen LogP) is 2.57. The minimum absolute atomic E-state index is 0.0176. The van der Waals surface area contributed by atoms with Crippen LogP contribution in [0.15, 0.2) is 36.8 Å². The van der Waals surface area contributed by atoms with Crippen molar-refractivity contribution in [3.8, 4) is 5.69 Å². The van der Waals surface area contributed by atoms with Crippen molar-refractivity contribution in [1.29, 1.82) is 0 Å². The second-order valence-corrected chi connectivity index (χ2v) is 21.1. The number of hydrogen-bond acceptors (Lipinski definition) is 19. The summed E-state index contributed by atoms with van der Waals surface area (Å²) in [5, 5.41) is 77.2. The number of aryl methyl sites for hydroxylation is 2. The lowest BCUT2D eigenvalue weighted by molar-refractivity contribution is -0.318. The van der Waals surface area contributed by atoms with E-state index in [1.807, 2.05) is 63.1 Å². The molecule has 0 radical (unpaired) electrons. The Morgan fingerprint density at radius 1 is 1.01 bits per heavy atom. The highest BCUT2D eigenvalue weighted by molar-refractivity contribution is 5.73. The number of ether oxygens (including phenoxy) is 6. The molecule has 3 aromatic rings. The third-order valence-electron chi connectivity index (χ3n) is 14.8. The van der Waals surface area contributed by atoms with E-state index in [1.54, 1.807) is 45.6 Å². The predicted molar refractivity (Wildman–Crippen MR) is 262 cm³/mol. The SMILES string of the molecule is CC[C@@H](OC(=O)[C@H](C)[C@@H](O[C@H]1C[C@@](C)(OC)[C@@H](O)[C@H](C)O1)[C@H](C)[C@@H](O[C@@H]1O[C@H](C)C[C@H](N(C)CCc2cn(CCc3ccc(-n4cnnn4)cc3)nn2)[C@H]1O)[C@](C)(O)C[C@@H](C)CN(C)CC)[C@@](C)(O)CO. The number of nitrogens with zero attached hydrogens (tertiary/aromatic N) is 9. The van der Waals surface area contributed by atoms with Gasteiger partial charge in [0.15, 0.2) is 12.6 Å². The number of tetrazole rings is 1. The third-order valence-corrected chi connectivity index (χ3v) is 14.8. The summed E-state index contributed by atoms with van der Waals surface area (Å²) >= 11 is 0. The second kappa shape index (κ2) is 25.6. The normalized spacial score (nSPS) is 28.4. The first-order valence-corrected chi connectivity index (χ1v) is 25.3. The van der Waals surface area contributed by atoms with Crippen LogP contribution in [0, 0.1) is 17.8 Å². The Labute approximate surface area is 420 Å². The molecule has 2 aromatic heterocycles. The molecule has 0 saturated carbocycles. The number of esters is 1. The summed E-state index contributed by atoms with van der Waals surface area (Å²) in [6, 6.07) is 7.60. The molecule has 5 N–H and O–H groups in total. The third kappa shape index (κ3) is 15.3. The summed E-state index contributed by atoms with van der Waals surface area (Å²) in [5.74, 6) is -2.60. The average Bonchev–Trinajstić information content (AvgIpc) is 4.05. The van der Waals surface area contributed by atoms with Crippen LogP contribution in [-0.4, -0.2) is 202 Å². The van der Waals surface area contributed by atoms with Crippen molar-refractivity contribution in [2.75, 3.05) is 47.4 Å². The first-order valence-electron chi connectivity index (χ1n) is 25.3. The smallest absolute Gasteiger partial charge is 0.311 e. The number of aliphatic hydroxyl groups is 5. The van der Waals surface area contributed by atoms with Crippen molar-refractivity contribution < 1.29 is 58.7 Å². The molecule has 5 rings (SSSR count). The fourth-order valence-corrected chi connectivity index (χ4v) is 10.2. The molecule has 402 valence electrons. The Hall–Kier alpha value is -3.58. The molecule has 2 aliphatic rings. The van der Waals surface area contributed by atoms with Crippen LogP contribution in [-0.2, 0) is 52.6 Å². The molecule has 0 spiro atoms. The highest BCUT2D eigenvalue weighted by atomic mass is 16.7. The number of carbonyl (C=O) groups excluding carboxylic acids is 1. The second-order valence-electron chi connectivity index (χ2n) is 21.1. The molecular weight excluding hydrogens is 919 g/mol. The largest absolute Gasteiger partial charge is 0.459 e. The molecule has 0 bridgehead atoms. The van der Waals surface area contributed by atoms with Crippen LogP contribution in [0.5, 0.6) is 0 Å². The standard InChI is InChI=1S/C50H85N9O12/c1-14-40(49(9,65)29-60)69-46(63)34(6)43(70-41-26-50(10,66-13)44(62)35(7)68-41)33(5)45(48(8,64)25-31(3)27-56(11)15-2)71-47-42(61)39(24-32(4)67-47)57(12)22-21-37-28-58(54-52-37)23-20-36-16-18-38(19-17-36)59-30-51-53-55-59/h16-19,28,30-35,39-45,47,60-62,64-65H,14-15,20-27,29H2,1-13H3/t31-,32-,33+,34-,35+,39+,40-,41+,42-,43+,44+,45-,47+,48-,49+,50-/m1/s1. The lowest BCUT2D eigenvalue weighted by atomic mass is 9.77. The Morgan fingerprint density at radius 2 is 1.72 bits per heavy atom. The van der Waals surface area contributed by atoms with E-state index in [2.05, 4.69) is 49.5 Å². The van der Waals surface area contributed by atoms with Crippen LogP contribution in [0.2, 0.25) is 0 Å². The van der Waals surface area contributed by atoms with Gasteiger partial charge in [0.05, 0.1) is 59.5 Å². The van der Waals surface area contributed by atoms with E-state index in [0.717, 1.165) is 29.9 Å². The van der Waals surface area contributed by atoms with Crippen molar-refractivity contribution in [2.24, 2.45) is 17.8 Å². The molecule has 2 fully saturated rings. The highest BCUT2D eigenvalue weighted by Crippen LogP contribution is 2.40. The van der Waals surface area contributed by atoms with E-state index in [1.165, 1.54) is 14.0 Å². The number of methoxy groups -OCH3 is 1. The molecule has 0 aliphatic carbocycles. The van der Waals surface area contributed by atoms with E-state index in [4.69, 9.17) is 28.4 Å². The number of hydrogen-bond donors (Lipinski definition) is 5. The van der Waals surface area contributed by atoms with Gasteiger partial charge in [0.25, 0.3) is 0 Å². The molecule has 21 nitrogen and oxygen atoms in total. The van der Waals surface area contributed by atoms with Gasteiger partial charge in [-0.2, -0.15) is 0 Å². The Balaban J connectivity index is 1.37. The Morgan fingerprint density at radius 3 is 2.34 bits per heavy atom. The maximum atomic E-state index is 14.3. The van der Waals surface area contributed by atoms with Gasteiger partial charge in [0, 0.05) is 57.7 Å². The van der Waals surface area contributed by atoms with Gasteiger partial charge < -0.3 is 63.8 Å². The number of likely N-dealkylation sites (N-methyl/N-ethyl adjacent to an activating group) is 1. The quantitative estimate of drug-likeness (QED) is 0.0688. The summed E-state index contributed by atoms with van der Waals surface area (Å²) in [6.07, 6.45) is -2.71. The van der Waals surface area contributed by atoms with Crippen LogP contribution in [0.3, 0.4) is 0 Å². The molecule has 71 heavy (non-hydrogen) atoms. The van der Waals surface area contributed by atoms with E-state index in [9.17, 15) is 30.3 Å². The molecule has 2 aliphatic heterocycles. The molecule has 2 saturated heterocycles. The van der Waals surface area contributed by atoms with Gasteiger partial charge >= 0.3 is 5.97 Å². The lowest BCUT2D eigenvalue weighted by Crippen LogP contribution is -2.61. The van der Waals surface area contributed by atoms with Gasteiger partial charge in [-0.05, 0) is 122 Å². The van der Waals surface area contributed by atoms with Crippen molar-refractivity contribution in [3.63, 3.8) is 0 Å². The van der Waals surface area contributed by atoms with Gasteiger partial charge in [0.2, 0.25) is 0 Å². The minimum Gasteiger partial charge on any atom is -0.459 e. The first kappa shape index (κ1) is 58.3. The van der Waals surface area contributed by atoms with Crippen LogP contribution in [0.25, 0.3) is 5.69 Å². The molecule has 0 unspecified atom stereocenters. The summed E-state index contributed by atoms with van der Waals surface area (Å²) in [4.78, 5) is 18.5. The monoisotopic (exact) mass is 1000 g/mol. The maximum Gasteiger partial charge on any atom is 0.311 e. The Bertz CT molecular complexity index is 2050. The van der Waals surface area contributed by atoms with Gasteiger partial charge in [-0.1, -0.05) is 45.0 Å². The van der Waals surface area contributed by atoms with Crippen molar-refractivity contribution in [1.82, 2.24) is 45.0 Å². The molecule has 16 atom stereocenters. The van der Waals surface area contributed by atoms with E-state index in [-0.39, 0.29) is 31.3 Å². The summed E-state index contributed by atoms with van der Waals surface area (Å²) in [6.45, 7) is 19.9. The van der Waals surface area contributed by atoms with E-state index in [0.29, 0.717) is 32.5 Å². The first-order chi connectivity index (χ1) is 33.4. The average molecular weight is 1000 g/mol. The van der Waals surface area contributed by atoms with E-state index >= 15 is 0 Å². The maximum absolute atomic E-state index is 14.3. The number of rotatable bonds is 27. The van der Waals surface area contributed by atoms with Gasteiger partial charge in [-0.3, -0.25) is 9.48 Å². The van der Waals surface area contributed by atoms with Crippen LogP contribution >= 0.6 is 0 Å². The van der Waals surface area contributed by atoms with Gasteiger partial charge in [-0.25, -0.2) is 4.68 Å². The van der Waals surface area contributed by atoms with Crippen molar-refractivity contribution >= 4 is 5.97 Å². The lowest BCUT2D eigenvalue weighted by Gasteiger charge is -2.49. The van der Waals surface area contributed by atoms with Crippen LogP contribution < -0.4 is 0 Å². The zero-order valence-corrected chi connectivity index (χ0v) is 44.4. The molecule has 21 heteroatoms. The zero-order chi connectivity index (χ0) is 52.4. The molecule has 0 amide bonds. The number of carbonyl (C=O) groups is 1. The van der Waals surface area contributed by atoms with Crippen LogP contribution in [0.4, 0.5) is 0 Å². The topological polar surface area (TPSA) is 254 Å². The number of aliphatic hydroxyl groups excluding tert-OH is 3. The molecule has 4 heterocycles. The fraction of sp³-hybridized carbons (Fsp3) is 0.800. The van der Waals surface area contributed by atoms with Crippen molar-refractivity contribution in [2.45, 2.75) is 192 Å². The highest BCUT2D eigenvalue weighted by Gasteiger charge is 2.52. The molecular formula is C50H85N9O12. The zero-order valence-electron chi connectivity index (χ0n) is 44.4. The fourth-order valence-electron chi connectivity index (χ4n) is 10.2. The number of aromatic nitrogens is 7. The van der Waals surface area contributed by atoms with Gasteiger partial charge in [0.1, 0.15) is 30.2 Å². The summed E-state index contributed by atoms with van der Waals surface area (Å²) in [5.41, 5.74) is -1.56. The number of benzene rings is 1. The van der Waals surface area contributed by atoms with Crippen molar-refractivity contribution in [3.05, 3.63) is 48.0 Å². The van der Waals surface area contributed by atoms with Crippen LogP contribution in [0.1, 0.15) is 106 Å². The van der Waals surface area contributed by atoms with Gasteiger partial charge in [-0.15, -0.1) is 10.2 Å². The minimum atomic E-state index is -1.72.